The summed E-state index contributed by atoms with van der Waals surface area (Å²) in [4.78, 5) is 2.39. The molecule has 0 aromatic heterocycles. The molecule has 1 atom stereocenters. The minimum absolute atomic E-state index is 0.233. The summed E-state index contributed by atoms with van der Waals surface area (Å²) in [5.74, 6) is 0.516. The molecule has 1 heterocycles. The molecular weight excluding hydrogens is 203 g/mol. The van der Waals surface area contributed by atoms with Gasteiger partial charge in [-0.05, 0) is 36.6 Å². The van der Waals surface area contributed by atoms with E-state index in [1.54, 1.807) is 12.1 Å². The maximum Gasteiger partial charge on any atom is 0.146 e. The lowest BCUT2D eigenvalue weighted by Gasteiger charge is -2.15. The highest BCUT2D eigenvalue weighted by molar-refractivity contribution is 5.41. The average Bonchev–Trinajstić information content (AvgIpc) is 2.71. The quantitative estimate of drug-likeness (QED) is 0.797. The topological polar surface area (TPSA) is 29.3 Å². The summed E-state index contributed by atoms with van der Waals surface area (Å²) in [7, 11) is 0. The molecule has 1 aliphatic rings. The molecule has 0 spiro atoms. The molecule has 0 aliphatic carbocycles. The van der Waals surface area contributed by atoms with Crippen LogP contribution in [0, 0.1) is 11.7 Å². The van der Waals surface area contributed by atoms with E-state index in [9.17, 15) is 4.39 Å². The maximum absolute atomic E-state index is 13.3. The molecule has 88 valence electrons. The van der Waals surface area contributed by atoms with Crippen LogP contribution < -0.4 is 5.73 Å². The molecular formula is C13H19FN2. The van der Waals surface area contributed by atoms with E-state index in [4.69, 9.17) is 5.73 Å². The van der Waals surface area contributed by atoms with E-state index < -0.39 is 0 Å². The minimum atomic E-state index is -0.302. The number of nitrogen functional groups attached to an aromatic ring is 1. The van der Waals surface area contributed by atoms with E-state index in [0.29, 0.717) is 0 Å². The van der Waals surface area contributed by atoms with Gasteiger partial charge in [0.1, 0.15) is 5.82 Å². The van der Waals surface area contributed by atoms with Crippen LogP contribution in [0.1, 0.15) is 25.3 Å². The maximum atomic E-state index is 13.3. The summed E-state index contributed by atoms with van der Waals surface area (Å²) in [5, 5.41) is 0. The monoisotopic (exact) mass is 222 g/mol. The van der Waals surface area contributed by atoms with E-state index in [1.165, 1.54) is 12.8 Å². The lowest BCUT2D eigenvalue weighted by atomic mass is 10.1. The number of nitrogens with two attached hydrogens (primary N) is 1. The van der Waals surface area contributed by atoms with Crippen molar-refractivity contribution >= 4 is 5.69 Å². The number of likely N-dealkylation sites (tertiary alicyclic amines) is 1. The minimum Gasteiger partial charge on any atom is -0.396 e. The summed E-state index contributed by atoms with van der Waals surface area (Å²) >= 11 is 0. The smallest absolute Gasteiger partial charge is 0.146 e. The van der Waals surface area contributed by atoms with E-state index in [1.807, 2.05) is 6.07 Å². The van der Waals surface area contributed by atoms with Crippen LogP contribution in [0.4, 0.5) is 10.1 Å². The second-order valence-corrected chi connectivity index (χ2v) is 4.65. The molecule has 1 unspecified atom stereocenters. The van der Waals surface area contributed by atoms with Crippen LogP contribution in [0.2, 0.25) is 0 Å². The first-order chi connectivity index (χ1) is 7.69. The number of hydrogen-bond acceptors (Lipinski definition) is 2. The zero-order valence-electron chi connectivity index (χ0n) is 9.75. The van der Waals surface area contributed by atoms with Crippen molar-refractivity contribution in [2.24, 2.45) is 5.92 Å². The summed E-state index contributed by atoms with van der Waals surface area (Å²) in [6.45, 7) is 5.34. The largest absolute Gasteiger partial charge is 0.396 e. The molecule has 16 heavy (non-hydrogen) atoms. The van der Waals surface area contributed by atoms with Crippen molar-refractivity contribution in [1.29, 1.82) is 0 Å². The van der Waals surface area contributed by atoms with Crippen LogP contribution in [-0.4, -0.2) is 18.0 Å². The van der Waals surface area contributed by atoms with Crippen LogP contribution in [0.15, 0.2) is 18.2 Å². The summed E-state index contributed by atoms with van der Waals surface area (Å²) in [6, 6.07) is 5.12. The van der Waals surface area contributed by atoms with Gasteiger partial charge >= 0.3 is 0 Å². The first-order valence-electron chi connectivity index (χ1n) is 5.95. The molecule has 1 aliphatic heterocycles. The Bertz CT molecular complexity index is 365. The Morgan fingerprint density at radius 1 is 1.50 bits per heavy atom. The molecule has 2 nitrogen and oxygen atoms in total. The van der Waals surface area contributed by atoms with Crippen LogP contribution in [0.5, 0.6) is 0 Å². The first-order valence-corrected chi connectivity index (χ1v) is 5.95. The van der Waals surface area contributed by atoms with Gasteiger partial charge in [0.25, 0.3) is 0 Å². The van der Waals surface area contributed by atoms with Crippen molar-refractivity contribution in [1.82, 2.24) is 4.90 Å². The van der Waals surface area contributed by atoms with Crippen molar-refractivity contribution in [2.45, 2.75) is 26.3 Å². The molecule has 0 saturated carbocycles. The van der Waals surface area contributed by atoms with Gasteiger partial charge in [0.2, 0.25) is 0 Å². The van der Waals surface area contributed by atoms with E-state index >= 15 is 0 Å². The second kappa shape index (κ2) is 4.83. The van der Waals surface area contributed by atoms with Crippen molar-refractivity contribution < 1.29 is 4.39 Å². The van der Waals surface area contributed by atoms with Crippen molar-refractivity contribution in [3.63, 3.8) is 0 Å². The van der Waals surface area contributed by atoms with Gasteiger partial charge in [0.05, 0.1) is 5.69 Å². The fourth-order valence-corrected chi connectivity index (χ4v) is 2.32. The molecule has 0 amide bonds. The molecule has 0 bridgehead atoms. The standard InChI is InChI=1S/C13H19FN2/c1-2-10-5-6-16(8-10)9-11-3-4-13(15)12(14)7-11/h3-4,7,10H,2,5-6,8-9,15H2,1H3. The summed E-state index contributed by atoms with van der Waals surface area (Å²) in [5.41, 5.74) is 6.70. The molecule has 3 heteroatoms. The second-order valence-electron chi connectivity index (χ2n) is 4.65. The Morgan fingerprint density at radius 3 is 2.94 bits per heavy atom. The molecule has 2 N–H and O–H groups in total. The lowest BCUT2D eigenvalue weighted by Crippen LogP contribution is -2.20. The number of benzene rings is 1. The Hall–Kier alpha value is -1.09. The first kappa shape index (κ1) is 11.4. The van der Waals surface area contributed by atoms with E-state index in [0.717, 1.165) is 31.1 Å². The molecule has 1 aromatic rings. The van der Waals surface area contributed by atoms with Gasteiger partial charge in [-0.15, -0.1) is 0 Å². The van der Waals surface area contributed by atoms with E-state index in [2.05, 4.69) is 11.8 Å². The van der Waals surface area contributed by atoms with Crippen LogP contribution in [-0.2, 0) is 6.54 Å². The van der Waals surface area contributed by atoms with Gasteiger partial charge in [-0.3, -0.25) is 4.90 Å². The lowest BCUT2D eigenvalue weighted by molar-refractivity contribution is 0.315. The van der Waals surface area contributed by atoms with Crippen LogP contribution in [0.3, 0.4) is 0 Å². The zero-order valence-corrected chi connectivity index (χ0v) is 9.75. The highest BCUT2D eigenvalue weighted by atomic mass is 19.1. The van der Waals surface area contributed by atoms with E-state index in [-0.39, 0.29) is 11.5 Å². The molecule has 1 aromatic carbocycles. The summed E-state index contributed by atoms with van der Waals surface area (Å²) < 4.78 is 13.3. The van der Waals surface area contributed by atoms with Crippen molar-refractivity contribution in [3.05, 3.63) is 29.6 Å². The highest BCUT2D eigenvalue weighted by Crippen LogP contribution is 2.21. The Kier molecular flexibility index (Phi) is 3.44. The van der Waals surface area contributed by atoms with Gasteiger partial charge in [0.15, 0.2) is 0 Å². The molecule has 1 fully saturated rings. The van der Waals surface area contributed by atoms with Crippen molar-refractivity contribution in [3.8, 4) is 0 Å². The summed E-state index contributed by atoms with van der Waals surface area (Å²) in [6.07, 6.45) is 2.51. The highest BCUT2D eigenvalue weighted by Gasteiger charge is 2.20. The normalized spacial score (nSPS) is 21.5. The molecule has 2 rings (SSSR count). The zero-order chi connectivity index (χ0) is 11.5. The van der Waals surface area contributed by atoms with Crippen LogP contribution >= 0.6 is 0 Å². The third-order valence-corrected chi connectivity index (χ3v) is 3.42. The van der Waals surface area contributed by atoms with Gasteiger partial charge in [-0.1, -0.05) is 19.4 Å². The predicted octanol–water partition coefficient (Wildman–Crippen LogP) is 2.64. The third-order valence-electron chi connectivity index (χ3n) is 3.42. The predicted molar refractivity (Wildman–Crippen MR) is 64.5 cm³/mol. The molecule has 1 saturated heterocycles. The van der Waals surface area contributed by atoms with Gasteiger partial charge in [0, 0.05) is 13.1 Å². The fourth-order valence-electron chi connectivity index (χ4n) is 2.32. The van der Waals surface area contributed by atoms with Gasteiger partial charge in [-0.2, -0.15) is 0 Å². The number of halogens is 1. The number of nitrogens with zero attached hydrogens (tertiary/aromatic N) is 1. The van der Waals surface area contributed by atoms with Gasteiger partial charge < -0.3 is 5.73 Å². The number of hydrogen-bond donors (Lipinski definition) is 1. The van der Waals surface area contributed by atoms with Crippen molar-refractivity contribution in [2.75, 3.05) is 18.8 Å². The Morgan fingerprint density at radius 2 is 2.31 bits per heavy atom. The number of rotatable bonds is 3. The SMILES string of the molecule is CCC1CCN(Cc2ccc(N)c(F)c2)C1. The van der Waals surface area contributed by atoms with Gasteiger partial charge in [-0.25, -0.2) is 4.39 Å². The Labute approximate surface area is 96.2 Å². The van der Waals surface area contributed by atoms with Crippen LogP contribution in [0.25, 0.3) is 0 Å². The number of anilines is 1. The molecule has 0 radical (unpaired) electrons. The Balaban J connectivity index is 1.97. The average molecular weight is 222 g/mol. The third kappa shape index (κ3) is 2.53. The fraction of sp³-hybridized carbons (Fsp3) is 0.538.